The molecule has 2 atom stereocenters. The molecule has 0 saturated carbocycles. The maximum atomic E-state index is 13.1. The predicted molar refractivity (Wildman–Crippen MR) is 116 cm³/mol. The molecule has 0 bridgehead atoms. The largest absolute Gasteiger partial charge is 0.469 e. The Morgan fingerprint density at radius 1 is 1.00 bits per heavy atom. The van der Waals surface area contributed by atoms with E-state index in [-0.39, 0.29) is 6.42 Å². The SMILES string of the molecule is COC(=O)C[C@H](NC(=O)[C@H](Cc1c[nH]c2ccccc12)NC(=O)OC(C)(C)C)C(=O)OC. The van der Waals surface area contributed by atoms with Gasteiger partial charge in [-0.05, 0) is 32.4 Å². The Morgan fingerprint density at radius 2 is 1.69 bits per heavy atom. The van der Waals surface area contributed by atoms with Crippen LogP contribution in [0.3, 0.4) is 0 Å². The van der Waals surface area contributed by atoms with Gasteiger partial charge in [0.1, 0.15) is 17.7 Å². The summed E-state index contributed by atoms with van der Waals surface area (Å²) in [4.78, 5) is 52.3. The number of ether oxygens (including phenoxy) is 3. The van der Waals surface area contributed by atoms with Crippen molar-refractivity contribution in [3.8, 4) is 0 Å². The highest BCUT2D eigenvalue weighted by Gasteiger charge is 2.31. The van der Waals surface area contributed by atoms with Gasteiger partial charge < -0.3 is 29.8 Å². The third-order valence-electron chi connectivity index (χ3n) is 4.51. The van der Waals surface area contributed by atoms with Crippen LogP contribution in [0.15, 0.2) is 30.5 Å². The van der Waals surface area contributed by atoms with Crippen molar-refractivity contribution >= 4 is 34.8 Å². The van der Waals surface area contributed by atoms with E-state index in [0.717, 1.165) is 23.6 Å². The van der Waals surface area contributed by atoms with Crippen LogP contribution in [-0.2, 0) is 35.0 Å². The smallest absolute Gasteiger partial charge is 0.408 e. The Labute approximate surface area is 186 Å². The number of benzene rings is 1. The van der Waals surface area contributed by atoms with Gasteiger partial charge in [0.15, 0.2) is 0 Å². The normalized spacial score (nSPS) is 13.0. The van der Waals surface area contributed by atoms with Crippen molar-refractivity contribution in [3.63, 3.8) is 0 Å². The van der Waals surface area contributed by atoms with Gasteiger partial charge in [-0.25, -0.2) is 9.59 Å². The lowest BCUT2D eigenvalue weighted by molar-refractivity contribution is -0.150. The first kappa shape index (κ1) is 24.7. The van der Waals surface area contributed by atoms with Gasteiger partial charge in [-0.15, -0.1) is 0 Å². The summed E-state index contributed by atoms with van der Waals surface area (Å²) in [7, 11) is 2.31. The number of hydrogen-bond acceptors (Lipinski definition) is 7. The minimum Gasteiger partial charge on any atom is -0.469 e. The van der Waals surface area contributed by atoms with Crippen LogP contribution in [0.5, 0.6) is 0 Å². The van der Waals surface area contributed by atoms with Crippen molar-refractivity contribution in [1.29, 1.82) is 0 Å². The maximum Gasteiger partial charge on any atom is 0.408 e. The molecule has 0 fully saturated rings. The number of esters is 2. The highest BCUT2D eigenvalue weighted by Crippen LogP contribution is 2.19. The molecule has 1 aromatic carbocycles. The molecule has 1 aromatic heterocycles. The molecule has 32 heavy (non-hydrogen) atoms. The van der Waals surface area contributed by atoms with E-state index < -0.39 is 48.0 Å². The molecule has 0 aliphatic heterocycles. The quantitative estimate of drug-likeness (QED) is 0.415. The number of nitrogens with one attached hydrogen (secondary N) is 3. The van der Waals surface area contributed by atoms with E-state index in [1.165, 1.54) is 7.11 Å². The summed E-state index contributed by atoms with van der Waals surface area (Å²) in [5.41, 5.74) is 0.877. The molecule has 2 rings (SSSR count). The molecule has 1 heterocycles. The van der Waals surface area contributed by atoms with E-state index >= 15 is 0 Å². The molecule has 10 heteroatoms. The first-order valence-electron chi connectivity index (χ1n) is 10.0. The Bertz CT molecular complexity index is 977. The van der Waals surface area contributed by atoms with Gasteiger partial charge in [-0.1, -0.05) is 18.2 Å². The standard InChI is InChI=1S/C22H29N3O7/c1-22(2,3)32-21(29)25-16(10-13-12-23-15-9-7-6-8-14(13)15)19(27)24-17(20(28)31-5)11-18(26)30-4/h6-9,12,16-17,23H,10-11H2,1-5H3,(H,24,27)(H,25,29)/t16-,17-/m0/s1. The monoisotopic (exact) mass is 447 g/mol. The number of aromatic nitrogens is 1. The van der Waals surface area contributed by atoms with Crippen LogP contribution in [0, 0.1) is 0 Å². The van der Waals surface area contributed by atoms with Crippen molar-refractivity contribution in [2.75, 3.05) is 14.2 Å². The zero-order chi connectivity index (χ0) is 23.9. The fourth-order valence-electron chi connectivity index (χ4n) is 3.04. The Morgan fingerprint density at radius 3 is 2.31 bits per heavy atom. The molecule has 2 aromatic rings. The second kappa shape index (κ2) is 10.7. The number of rotatable bonds is 8. The Balaban J connectivity index is 2.27. The Hall–Kier alpha value is -3.56. The van der Waals surface area contributed by atoms with Gasteiger partial charge in [-0.3, -0.25) is 9.59 Å². The molecule has 3 N–H and O–H groups in total. The number of fused-ring (bicyclic) bond motifs is 1. The summed E-state index contributed by atoms with van der Waals surface area (Å²) in [5.74, 6) is -2.19. The second-order valence-corrected chi connectivity index (χ2v) is 8.13. The van der Waals surface area contributed by atoms with Crippen molar-refractivity contribution < 1.29 is 33.4 Å². The first-order valence-corrected chi connectivity index (χ1v) is 10.0. The first-order chi connectivity index (χ1) is 15.0. The molecular formula is C22H29N3O7. The molecule has 0 radical (unpaired) electrons. The van der Waals surface area contributed by atoms with Crippen LogP contribution in [-0.4, -0.2) is 60.8 Å². The van der Waals surface area contributed by atoms with E-state index in [2.05, 4.69) is 25.1 Å². The number of methoxy groups -OCH3 is 2. The number of carbonyl (C=O) groups is 4. The van der Waals surface area contributed by atoms with Crippen LogP contribution < -0.4 is 10.6 Å². The number of carbonyl (C=O) groups excluding carboxylic acids is 4. The second-order valence-electron chi connectivity index (χ2n) is 8.13. The van der Waals surface area contributed by atoms with E-state index in [4.69, 9.17) is 4.74 Å². The lowest BCUT2D eigenvalue weighted by atomic mass is 10.0. The minimum absolute atomic E-state index is 0.112. The van der Waals surface area contributed by atoms with Crippen LogP contribution in [0.2, 0.25) is 0 Å². The van der Waals surface area contributed by atoms with Gasteiger partial charge in [0, 0.05) is 23.5 Å². The van der Waals surface area contributed by atoms with E-state index in [0.29, 0.717) is 0 Å². The molecule has 10 nitrogen and oxygen atoms in total. The number of amides is 2. The minimum atomic E-state index is -1.27. The lowest BCUT2D eigenvalue weighted by Crippen LogP contribution is -2.53. The number of H-pyrrole nitrogens is 1. The molecule has 0 saturated heterocycles. The topological polar surface area (TPSA) is 136 Å². The maximum absolute atomic E-state index is 13.1. The van der Waals surface area contributed by atoms with Crippen LogP contribution in [0.25, 0.3) is 10.9 Å². The summed E-state index contributed by atoms with van der Waals surface area (Å²) in [6, 6.07) is 5.15. The zero-order valence-electron chi connectivity index (χ0n) is 18.8. The van der Waals surface area contributed by atoms with Crippen molar-refractivity contribution in [2.24, 2.45) is 0 Å². The molecule has 0 spiro atoms. The average molecular weight is 447 g/mol. The third kappa shape index (κ3) is 7.00. The lowest BCUT2D eigenvalue weighted by Gasteiger charge is -2.24. The van der Waals surface area contributed by atoms with Gasteiger partial charge in [0.25, 0.3) is 0 Å². The fraction of sp³-hybridized carbons (Fsp3) is 0.455. The summed E-state index contributed by atoms with van der Waals surface area (Å²) in [6.07, 6.45) is 0.649. The van der Waals surface area contributed by atoms with Gasteiger partial charge in [0.05, 0.1) is 20.6 Å². The number of aromatic amines is 1. The molecule has 2 amide bonds. The molecule has 174 valence electrons. The zero-order valence-corrected chi connectivity index (χ0v) is 18.8. The van der Waals surface area contributed by atoms with Gasteiger partial charge in [-0.2, -0.15) is 0 Å². The summed E-state index contributed by atoms with van der Waals surface area (Å²) < 4.78 is 14.5. The van der Waals surface area contributed by atoms with Crippen LogP contribution >= 0.6 is 0 Å². The number of hydrogen-bond donors (Lipinski definition) is 3. The number of alkyl carbamates (subject to hydrolysis) is 1. The molecule has 0 aliphatic rings. The fourth-order valence-corrected chi connectivity index (χ4v) is 3.04. The summed E-state index contributed by atoms with van der Waals surface area (Å²) in [6.45, 7) is 5.10. The molecular weight excluding hydrogens is 418 g/mol. The molecule has 0 unspecified atom stereocenters. The predicted octanol–water partition coefficient (Wildman–Crippen LogP) is 1.82. The average Bonchev–Trinajstić information content (AvgIpc) is 3.13. The summed E-state index contributed by atoms with van der Waals surface area (Å²) in [5, 5.41) is 5.90. The van der Waals surface area contributed by atoms with Crippen molar-refractivity contribution in [2.45, 2.75) is 51.3 Å². The van der Waals surface area contributed by atoms with Crippen molar-refractivity contribution in [3.05, 3.63) is 36.0 Å². The van der Waals surface area contributed by atoms with Crippen molar-refractivity contribution in [1.82, 2.24) is 15.6 Å². The van der Waals surface area contributed by atoms with E-state index in [1.54, 1.807) is 27.0 Å². The number of para-hydroxylation sites is 1. The van der Waals surface area contributed by atoms with E-state index in [9.17, 15) is 19.2 Å². The Kier molecular flexibility index (Phi) is 8.22. The summed E-state index contributed by atoms with van der Waals surface area (Å²) >= 11 is 0. The van der Waals surface area contributed by atoms with Gasteiger partial charge in [0.2, 0.25) is 5.91 Å². The molecule has 0 aliphatic carbocycles. The third-order valence-corrected chi connectivity index (χ3v) is 4.51. The van der Waals surface area contributed by atoms with E-state index in [1.807, 2.05) is 24.3 Å². The van der Waals surface area contributed by atoms with Gasteiger partial charge >= 0.3 is 18.0 Å². The highest BCUT2D eigenvalue weighted by atomic mass is 16.6. The van der Waals surface area contributed by atoms with Crippen LogP contribution in [0.1, 0.15) is 32.8 Å². The van der Waals surface area contributed by atoms with Crippen LogP contribution in [0.4, 0.5) is 4.79 Å². The highest BCUT2D eigenvalue weighted by molar-refractivity contribution is 5.92.